The summed E-state index contributed by atoms with van der Waals surface area (Å²) in [7, 11) is 0. The molecule has 3 N–H and O–H groups in total. The van der Waals surface area contributed by atoms with Crippen LogP contribution in [-0.2, 0) is 0 Å². The monoisotopic (exact) mass is 209 g/mol. The van der Waals surface area contributed by atoms with Crippen molar-refractivity contribution in [1.29, 1.82) is 0 Å². The van der Waals surface area contributed by atoms with E-state index in [1.807, 2.05) is 13.0 Å². The van der Waals surface area contributed by atoms with Gasteiger partial charge in [0.25, 0.3) is 0 Å². The van der Waals surface area contributed by atoms with Crippen LogP contribution in [0.25, 0.3) is 0 Å². The highest BCUT2D eigenvalue weighted by Gasteiger charge is 2.22. The van der Waals surface area contributed by atoms with Gasteiger partial charge in [-0.25, -0.2) is 0 Å². The molecular formula is C11H15NO3. The van der Waals surface area contributed by atoms with Gasteiger partial charge in [-0.15, -0.1) is 0 Å². The van der Waals surface area contributed by atoms with E-state index in [-0.39, 0.29) is 12.8 Å². The highest BCUT2D eigenvalue weighted by molar-refractivity contribution is 5.52. The predicted octanol–water partition coefficient (Wildman–Crippen LogP) is 1.10. The van der Waals surface area contributed by atoms with Crippen molar-refractivity contribution in [3.05, 3.63) is 23.3 Å². The average Bonchev–Trinajstić information content (AvgIpc) is 2.66. The number of aliphatic hydroxyl groups excluding tert-OH is 1. The maximum absolute atomic E-state index is 9.89. The van der Waals surface area contributed by atoms with Crippen LogP contribution in [0.4, 0.5) is 0 Å². The second-order valence-corrected chi connectivity index (χ2v) is 3.82. The first-order valence-electron chi connectivity index (χ1n) is 4.94. The zero-order chi connectivity index (χ0) is 11.0. The molecule has 0 aliphatic carbocycles. The first kappa shape index (κ1) is 10.3. The van der Waals surface area contributed by atoms with Crippen LogP contribution in [0.1, 0.15) is 24.2 Å². The van der Waals surface area contributed by atoms with Crippen molar-refractivity contribution in [3.63, 3.8) is 0 Å². The fourth-order valence-electron chi connectivity index (χ4n) is 1.73. The summed E-state index contributed by atoms with van der Waals surface area (Å²) in [5.41, 5.74) is 7.36. The normalized spacial score (nSPS) is 17.6. The summed E-state index contributed by atoms with van der Waals surface area (Å²) in [5.74, 6) is 1.44. The third-order valence-corrected chi connectivity index (χ3v) is 2.65. The quantitative estimate of drug-likeness (QED) is 0.765. The van der Waals surface area contributed by atoms with Gasteiger partial charge in [-0.2, -0.15) is 0 Å². The fraction of sp³-hybridized carbons (Fsp3) is 0.455. The molecule has 0 saturated heterocycles. The van der Waals surface area contributed by atoms with Crippen molar-refractivity contribution in [2.24, 2.45) is 5.73 Å². The minimum absolute atomic E-state index is 0.244. The molecule has 4 nitrogen and oxygen atoms in total. The van der Waals surface area contributed by atoms with Gasteiger partial charge in [0.1, 0.15) is 0 Å². The highest BCUT2D eigenvalue weighted by Crippen LogP contribution is 2.38. The molecule has 0 bridgehead atoms. The standard InChI is InChI=1S/C11H15NO3/c1-6-8(10(13)7(2)12)3-4-9-11(6)15-5-14-9/h3-4,7,10,13H,5,12H2,1-2H3. The third kappa shape index (κ3) is 1.66. The molecule has 15 heavy (non-hydrogen) atoms. The summed E-state index contributed by atoms with van der Waals surface area (Å²) in [6, 6.07) is 3.33. The molecule has 0 fully saturated rings. The molecule has 1 aromatic carbocycles. The third-order valence-electron chi connectivity index (χ3n) is 2.65. The first-order chi connectivity index (χ1) is 7.11. The second kappa shape index (κ2) is 3.72. The fourth-order valence-corrected chi connectivity index (χ4v) is 1.73. The summed E-state index contributed by atoms with van der Waals surface area (Å²) < 4.78 is 10.6. The molecule has 0 radical (unpaired) electrons. The van der Waals surface area contributed by atoms with Crippen molar-refractivity contribution in [2.45, 2.75) is 26.0 Å². The molecule has 0 spiro atoms. The zero-order valence-electron chi connectivity index (χ0n) is 8.86. The number of ether oxygens (including phenoxy) is 2. The Labute approximate surface area is 88.6 Å². The van der Waals surface area contributed by atoms with E-state index in [4.69, 9.17) is 15.2 Å². The van der Waals surface area contributed by atoms with Crippen molar-refractivity contribution in [1.82, 2.24) is 0 Å². The summed E-state index contributed by atoms with van der Waals surface area (Å²) in [6.45, 7) is 3.91. The Morgan fingerprint density at radius 3 is 2.80 bits per heavy atom. The van der Waals surface area contributed by atoms with E-state index < -0.39 is 6.10 Å². The summed E-state index contributed by atoms with van der Waals surface area (Å²) >= 11 is 0. The number of rotatable bonds is 2. The maximum atomic E-state index is 9.89. The molecule has 2 atom stereocenters. The molecule has 2 rings (SSSR count). The van der Waals surface area contributed by atoms with Crippen LogP contribution in [-0.4, -0.2) is 17.9 Å². The molecule has 1 heterocycles. The smallest absolute Gasteiger partial charge is 0.231 e. The van der Waals surface area contributed by atoms with Gasteiger partial charge in [-0.3, -0.25) is 0 Å². The van der Waals surface area contributed by atoms with E-state index in [2.05, 4.69) is 0 Å². The van der Waals surface area contributed by atoms with E-state index in [1.165, 1.54) is 0 Å². The van der Waals surface area contributed by atoms with Gasteiger partial charge in [0, 0.05) is 11.6 Å². The topological polar surface area (TPSA) is 64.7 Å². The van der Waals surface area contributed by atoms with Crippen LogP contribution in [0.2, 0.25) is 0 Å². The van der Waals surface area contributed by atoms with E-state index in [0.717, 1.165) is 16.9 Å². The number of hydrogen-bond acceptors (Lipinski definition) is 4. The Morgan fingerprint density at radius 1 is 1.40 bits per heavy atom. The van der Waals surface area contributed by atoms with Crippen LogP contribution < -0.4 is 15.2 Å². The van der Waals surface area contributed by atoms with Crippen LogP contribution in [0.3, 0.4) is 0 Å². The lowest BCUT2D eigenvalue weighted by Crippen LogP contribution is -2.25. The Bertz CT molecular complexity index is 376. The molecule has 0 amide bonds. The largest absolute Gasteiger partial charge is 0.454 e. The van der Waals surface area contributed by atoms with Crippen LogP contribution in [0, 0.1) is 6.92 Å². The molecule has 4 heteroatoms. The van der Waals surface area contributed by atoms with Crippen LogP contribution in [0.5, 0.6) is 11.5 Å². The molecule has 1 aromatic rings. The highest BCUT2D eigenvalue weighted by atomic mass is 16.7. The van der Waals surface area contributed by atoms with Gasteiger partial charge in [0.2, 0.25) is 6.79 Å². The molecule has 82 valence electrons. The second-order valence-electron chi connectivity index (χ2n) is 3.82. The lowest BCUT2D eigenvalue weighted by atomic mass is 9.98. The maximum Gasteiger partial charge on any atom is 0.231 e. The molecule has 1 aliphatic rings. The van der Waals surface area contributed by atoms with Gasteiger partial charge < -0.3 is 20.3 Å². The number of hydrogen-bond donors (Lipinski definition) is 2. The summed E-state index contributed by atoms with van der Waals surface area (Å²) in [5, 5.41) is 9.89. The van der Waals surface area contributed by atoms with Gasteiger partial charge in [-0.05, 0) is 25.5 Å². The number of nitrogens with two attached hydrogens (primary N) is 1. The van der Waals surface area contributed by atoms with Gasteiger partial charge in [0.15, 0.2) is 11.5 Å². The first-order valence-corrected chi connectivity index (χ1v) is 4.94. The summed E-state index contributed by atoms with van der Waals surface area (Å²) in [6.07, 6.45) is -0.667. The van der Waals surface area contributed by atoms with E-state index in [0.29, 0.717) is 5.75 Å². The summed E-state index contributed by atoms with van der Waals surface area (Å²) in [4.78, 5) is 0. The minimum atomic E-state index is -0.667. The number of benzene rings is 1. The minimum Gasteiger partial charge on any atom is -0.454 e. The van der Waals surface area contributed by atoms with E-state index in [9.17, 15) is 5.11 Å². The lowest BCUT2D eigenvalue weighted by Gasteiger charge is -2.17. The van der Waals surface area contributed by atoms with Crippen molar-refractivity contribution < 1.29 is 14.6 Å². The molecule has 2 unspecified atom stereocenters. The van der Waals surface area contributed by atoms with Crippen LogP contribution in [0.15, 0.2) is 12.1 Å². The predicted molar refractivity (Wildman–Crippen MR) is 55.9 cm³/mol. The van der Waals surface area contributed by atoms with E-state index >= 15 is 0 Å². The molecule has 0 saturated carbocycles. The molecular weight excluding hydrogens is 194 g/mol. The Hall–Kier alpha value is -1.26. The van der Waals surface area contributed by atoms with E-state index in [1.54, 1.807) is 13.0 Å². The Morgan fingerprint density at radius 2 is 2.13 bits per heavy atom. The van der Waals surface area contributed by atoms with Crippen LogP contribution >= 0.6 is 0 Å². The molecule has 0 aromatic heterocycles. The Balaban J connectivity index is 2.42. The van der Waals surface area contributed by atoms with Crippen molar-refractivity contribution >= 4 is 0 Å². The lowest BCUT2D eigenvalue weighted by molar-refractivity contribution is 0.151. The van der Waals surface area contributed by atoms with Gasteiger partial charge >= 0.3 is 0 Å². The van der Waals surface area contributed by atoms with Gasteiger partial charge in [-0.1, -0.05) is 6.07 Å². The average molecular weight is 209 g/mol. The van der Waals surface area contributed by atoms with Gasteiger partial charge in [0.05, 0.1) is 6.10 Å². The number of fused-ring (bicyclic) bond motifs is 1. The van der Waals surface area contributed by atoms with Crippen molar-refractivity contribution in [3.8, 4) is 11.5 Å². The molecule has 1 aliphatic heterocycles. The van der Waals surface area contributed by atoms with Crippen molar-refractivity contribution in [2.75, 3.05) is 6.79 Å². The SMILES string of the molecule is Cc1c(C(O)C(C)N)ccc2c1OCO2. The number of aliphatic hydroxyl groups is 1. The Kier molecular flexibility index (Phi) is 2.54. The zero-order valence-corrected chi connectivity index (χ0v) is 8.86.